The number of nitriles is 1. The number of rotatable bonds is 2. The minimum absolute atomic E-state index is 0.0153. The Morgan fingerprint density at radius 3 is 3.05 bits per heavy atom. The number of halogens is 1. The zero-order chi connectivity index (χ0) is 13.8. The van der Waals surface area contributed by atoms with Crippen LogP contribution in [0.5, 0.6) is 0 Å². The second-order valence-electron chi connectivity index (χ2n) is 4.76. The summed E-state index contributed by atoms with van der Waals surface area (Å²) in [5.74, 6) is -0.0153. The van der Waals surface area contributed by atoms with E-state index in [2.05, 4.69) is 16.3 Å². The summed E-state index contributed by atoms with van der Waals surface area (Å²) < 4.78 is 0. The first kappa shape index (κ1) is 13.7. The average molecular weight is 278 g/mol. The number of hydrogen-bond donors (Lipinski definition) is 1. The summed E-state index contributed by atoms with van der Waals surface area (Å²) in [7, 11) is 0. The van der Waals surface area contributed by atoms with Crippen molar-refractivity contribution in [3.63, 3.8) is 0 Å². The summed E-state index contributed by atoms with van der Waals surface area (Å²) in [6.45, 7) is 3.12. The molecule has 0 aromatic heterocycles. The lowest BCUT2D eigenvalue weighted by atomic mass is 10.0. The topological polar surface area (TPSA) is 56.1 Å². The highest BCUT2D eigenvalue weighted by atomic mass is 35.5. The van der Waals surface area contributed by atoms with Crippen molar-refractivity contribution in [3.8, 4) is 6.07 Å². The molecule has 0 spiro atoms. The van der Waals surface area contributed by atoms with E-state index in [1.54, 1.807) is 12.1 Å². The van der Waals surface area contributed by atoms with Crippen molar-refractivity contribution in [2.24, 2.45) is 0 Å². The smallest absolute Gasteiger partial charge is 0.217 e. The van der Waals surface area contributed by atoms with Gasteiger partial charge in [0.15, 0.2) is 0 Å². The van der Waals surface area contributed by atoms with Gasteiger partial charge in [-0.05, 0) is 31.0 Å². The Kier molecular flexibility index (Phi) is 4.28. The van der Waals surface area contributed by atoms with Gasteiger partial charge in [-0.2, -0.15) is 5.26 Å². The predicted molar refractivity (Wildman–Crippen MR) is 75.2 cm³/mol. The van der Waals surface area contributed by atoms with Crippen LogP contribution < -0.4 is 10.2 Å². The molecular formula is C14H16ClN3O. The Bertz CT molecular complexity index is 524. The lowest BCUT2D eigenvalue weighted by molar-refractivity contribution is -0.119. The van der Waals surface area contributed by atoms with Gasteiger partial charge in [0.2, 0.25) is 5.91 Å². The normalized spacial score (nSPS) is 18.8. The van der Waals surface area contributed by atoms with E-state index < -0.39 is 0 Å². The van der Waals surface area contributed by atoms with Crippen LogP contribution in [-0.2, 0) is 4.79 Å². The van der Waals surface area contributed by atoms with Crippen molar-refractivity contribution in [2.45, 2.75) is 25.8 Å². The van der Waals surface area contributed by atoms with E-state index in [1.165, 1.54) is 6.92 Å². The van der Waals surface area contributed by atoms with Crippen LogP contribution in [-0.4, -0.2) is 25.0 Å². The third-order valence-corrected chi connectivity index (χ3v) is 3.48. The molecule has 19 heavy (non-hydrogen) atoms. The van der Waals surface area contributed by atoms with E-state index in [1.807, 2.05) is 6.07 Å². The van der Waals surface area contributed by atoms with E-state index in [0.717, 1.165) is 25.1 Å². The maximum Gasteiger partial charge on any atom is 0.217 e. The zero-order valence-electron chi connectivity index (χ0n) is 10.8. The summed E-state index contributed by atoms with van der Waals surface area (Å²) in [6, 6.07) is 7.60. The lowest BCUT2D eigenvalue weighted by Crippen LogP contribution is -2.47. The van der Waals surface area contributed by atoms with Crippen LogP contribution in [0.15, 0.2) is 18.2 Å². The maximum absolute atomic E-state index is 11.1. The van der Waals surface area contributed by atoms with Crippen LogP contribution in [0.2, 0.25) is 5.02 Å². The third kappa shape index (κ3) is 3.39. The van der Waals surface area contributed by atoms with Gasteiger partial charge in [0.05, 0.1) is 11.3 Å². The van der Waals surface area contributed by atoms with Gasteiger partial charge < -0.3 is 10.2 Å². The second-order valence-corrected chi connectivity index (χ2v) is 5.20. The average Bonchev–Trinajstić information content (AvgIpc) is 2.38. The predicted octanol–water partition coefficient (Wildman–Crippen LogP) is 2.32. The van der Waals surface area contributed by atoms with Gasteiger partial charge in [-0.25, -0.2) is 0 Å². The van der Waals surface area contributed by atoms with Crippen LogP contribution in [0.1, 0.15) is 25.3 Å². The number of nitrogens with one attached hydrogen (secondary N) is 1. The maximum atomic E-state index is 11.1. The fourth-order valence-electron chi connectivity index (χ4n) is 2.46. The molecule has 2 rings (SSSR count). The van der Waals surface area contributed by atoms with Crippen molar-refractivity contribution >= 4 is 23.2 Å². The molecule has 4 nitrogen and oxygen atoms in total. The van der Waals surface area contributed by atoms with Crippen molar-refractivity contribution < 1.29 is 4.79 Å². The summed E-state index contributed by atoms with van der Waals surface area (Å²) in [5, 5.41) is 12.7. The molecule has 100 valence electrons. The second kappa shape index (κ2) is 5.94. The first-order valence-corrected chi connectivity index (χ1v) is 6.69. The highest BCUT2D eigenvalue weighted by Gasteiger charge is 2.22. The Balaban J connectivity index is 2.19. The van der Waals surface area contributed by atoms with Gasteiger partial charge in [-0.15, -0.1) is 0 Å². The Labute approximate surface area is 118 Å². The number of hydrogen-bond acceptors (Lipinski definition) is 3. The molecule has 1 aliphatic rings. The standard InChI is InChI=1S/C14H16ClN3O/c1-10(19)17-13-3-2-6-18(9-13)14-7-12(15)5-4-11(14)8-16/h4-5,7,13H,2-3,6,9H2,1H3,(H,17,19). The summed E-state index contributed by atoms with van der Waals surface area (Å²) >= 11 is 6.01. The lowest BCUT2D eigenvalue weighted by Gasteiger charge is -2.35. The Morgan fingerprint density at radius 1 is 1.58 bits per heavy atom. The largest absolute Gasteiger partial charge is 0.368 e. The number of nitrogens with zero attached hydrogens (tertiary/aromatic N) is 2. The van der Waals surface area contributed by atoms with Crippen molar-refractivity contribution in [2.75, 3.05) is 18.0 Å². The molecule has 1 aliphatic heterocycles. The fourth-order valence-corrected chi connectivity index (χ4v) is 2.63. The van der Waals surface area contributed by atoms with Crippen molar-refractivity contribution in [1.29, 1.82) is 5.26 Å². The number of carbonyl (C=O) groups is 1. The van der Waals surface area contributed by atoms with E-state index >= 15 is 0 Å². The number of amides is 1. The molecule has 0 bridgehead atoms. The first-order chi connectivity index (χ1) is 9.10. The zero-order valence-corrected chi connectivity index (χ0v) is 11.6. The number of anilines is 1. The molecule has 5 heteroatoms. The van der Waals surface area contributed by atoms with Crippen LogP contribution in [0.25, 0.3) is 0 Å². The van der Waals surface area contributed by atoms with Crippen LogP contribution >= 0.6 is 11.6 Å². The molecule has 0 aliphatic carbocycles. The molecule has 0 radical (unpaired) electrons. The van der Waals surface area contributed by atoms with Gasteiger partial charge in [0, 0.05) is 31.1 Å². The van der Waals surface area contributed by atoms with Crippen LogP contribution in [0.4, 0.5) is 5.69 Å². The molecule has 1 atom stereocenters. The summed E-state index contributed by atoms with van der Waals surface area (Å²) in [5.41, 5.74) is 1.47. The third-order valence-electron chi connectivity index (χ3n) is 3.25. The number of piperidine rings is 1. The number of benzene rings is 1. The van der Waals surface area contributed by atoms with E-state index in [0.29, 0.717) is 17.1 Å². The molecule has 1 aromatic rings. The highest BCUT2D eigenvalue weighted by Crippen LogP contribution is 2.27. The molecule has 1 fully saturated rings. The van der Waals surface area contributed by atoms with E-state index in [4.69, 9.17) is 16.9 Å². The summed E-state index contributed by atoms with van der Waals surface area (Å²) in [4.78, 5) is 13.2. The van der Waals surface area contributed by atoms with E-state index in [9.17, 15) is 4.79 Å². The van der Waals surface area contributed by atoms with Crippen molar-refractivity contribution in [1.82, 2.24) is 5.32 Å². The molecule has 1 aromatic carbocycles. The van der Waals surface area contributed by atoms with E-state index in [-0.39, 0.29) is 11.9 Å². The first-order valence-electron chi connectivity index (χ1n) is 6.32. The van der Waals surface area contributed by atoms with Gasteiger partial charge in [0.1, 0.15) is 6.07 Å². The van der Waals surface area contributed by atoms with Crippen molar-refractivity contribution in [3.05, 3.63) is 28.8 Å². The fraction of sp³-hybridized carbons (Fsp3) is 0.429. The molecule has 1 amide bonds. The molecule has 1 saturated heterocycles. The van der Waals surface area contributed by atoms with Gasteiger partial charge >= 0.3 is 0 Å². The summed E-state index contributed by atoms with van der Waals surface area (Å²) in [6.07, 6.45) is 1.96. The number of carbonyl (C=O) groups excluding carboxylic acids is 1. The monoisotopic (exact) mass is 277 g/mol. The Morgan fingerprint density at radius 2 is 2.37 bits per heavy atom. The molecule has 1 unspecified atom stereocenters. The molecule has 1 N–H and O–H groups in total. The van der Waals surface area contributed by atoms with Gasteiger partial charge in [0.25, 0.3) is 0 Å². The van der Waals surface area contributed by atoms with Crippen LogP contribution in [0, 0.1) is 11.3 Å². The highest BCUT2D eigenvalue weighted by molar-refractivity contribution is 6.30. The molecule has 1 heterocycles. The minimum atomic E-state index is -0.0153. The molecular weight excluding hydrogens is 262 g/mol. The van der Waals surface area contributed by atoms with Crippen LogP contribution in [0.3, 0.4) is 0 Å². The van der Waals surface area contributed by atoms with Gasteiger partial charge in [-0.3, -0.25) is 4.79 Å². The Hall–Kier alpha value is -1.73. The molecule has 0 saturated carbocycles. The minimum Gasteiger partial charge on any atom is -0.368 e. The van der Waals surface area contributed by atoms with Gasteiger partial charge in [-0.1, -0.05) is 11.6 Å². The quantitative estimate of drug-likeness (QED) is 0.903. The SMILES string of the molecule is CC(=O)NC1CCCN(c2cc(Cl)ccc2C#N)C1.